The van der Waals surface area contributed by atoms with Crippen LogP contribution in [-0.2, 0) is 9.47 Å². The van der Waals surface area contributed by atoms with Gasteiger partial charge in [0.05, 0.1) is 45.0 Å². The number of nitrogens with zero attached hydrogens (tertiary/aromatic N) is 2. The standard InChI is InChI=1S/C31H41N2O3/c1-35-28-14-18-31(19-15-28)30(16-4-3-5-17-30)33(31)22-20-32(21-23-33)27-12-10-25(11-13-27)24-6-8-26(9-7-24)29(34)36-2/h6-13,28H,3-5,14-23H2,1-2H3/q+1. The van der Waals surface area contributed by atoms with Crippen LogP contribution in [0.4, 0.5) is 5.69 Å². The van der Waals surface area contributed by atoms with Gasteiger partial charge in [-0.05, 0) is 61.1 Å². The second-order valence-electron chi connectivity index (χ2n) is 11.6. The molecular weight excluding hydrogens is 448 g/mol. The zero-order valence-electron chi connectivity index (χ0n) is 22.0. The van der Waals surface area contributed by atoms with Gasteiger partial charge in [-0.15, -0.1) is 0 Å². The molecule has 2 aromatic rings. The Morgan fingerprint density at radius 3 is 1.92 bits per heavy atom. The van der Waals surface area contributed by atoms with Gasteiger partial charge in [-0.1, -0.05) is 30.7 Å². The van der Waals surface area contributed by atoms with E-state index in [9.17, 15) is 4.79 Å². The van der Waals surface area contributed by atoms with Gasteiger partial charge in [0, 0.05) is 38.5 Å². The van der Waals surface area contributed by atoms with Crippen LogP contribution in [0.25, 0.3) is 11.1 Å². The second kappa shape index (κ2) is 9.18. The number of benzene rings is 2. The predicted octanol–water partition coefficient (Wildman–Crippen LogP) is 5.82. The second-order valence-corrected chi connectivity index (χ2v) is 11.6. The first-order chi connectivity index (χ1) is 17.6. The molecule has 2 heterocycles. The number of esters is 1. The molecule has 2 aliphatic heterocycles. The minimum atomic E-state index is -0.294. The van der Waals surface area contributed by atoms with Gasteiger partial charge in [0.25, 0.3) is 0 Å². The number of carbonyl (C=O) groups is 1. The molecule has 0 atom stereocenters. The number of ether oxygens (including phenoxy) is 2. The van der Waals surface area contributed by atoms with Crippen LogP contribution in [0.15, 0.2) is 48.5 Å². The summed E-state index contributed by atoms with van der Waals surface area (Å²) in [5, 5.41) is 0. The fraction of sp³-hybridized carbons (Fsp3) is 0.581. The van der Waals surface area contributed by atoms with Crippen molar-refractivity contribution < 1.29 is 18.8 Å². The van der Waals surface area contributed by atoms with Crippen LogP contribution >= 0.6 is 0 Å². The van der Waals surface area contributed by atoms with Crippen molar-refractivity contribution in [2.75, 3.05) is 45.3 Å². The van der Waals surface area contributed by atoms with E-state index in [1.54, 1.807) is 0 Å². The van der Waals surface area contributed by atoms with E-state index >= 15 is 0 Å². The molecule has 36 heavy (non-hydrogen) atoms. The van der Waals surface area contributed by atoms with E-state index in [1.807, 2.05) is 31.4 Å². The Kier molecular flexibility index (Phi) is 6.12. The van der Waals surface area contributed by atoms with Crippen LogP contribution < -0.4 is 4.90 Å². The van der Waals surface area contributed by atoms with E-state index in [0.29, 0.717) is 22.7 Å². The number of rotatable bonds is 4. The first-order valence-electron chi connectivity index (χ1n) is 14.0. The van der Waals surface area contributed by atoms with Gasteiger partial charge in [-0.3, -0.25) is 0 Å². The first kappa shape index (κ1) is 24.0. The first-order valence-corrected chi connectivity index (χ1v) is 14.0. The molecule has 0 N–H and O–H groups in total. The van der Waals surface area contributed by atoms with E-state index in [1.165, 1.54) is 93.7 Å². The molecule has 5 nitrogen and oxygen atoms in total. The zero-order chi connectivity index (χ0) is 24.8. The fourth-order valence-electron chi connectivity index (χ4n) is 8.83. The van der Waals surface area contributed by atoms with Crippen LogP contribution in [0.2, 0.25) is 0 Å². The van der Waals surface area contributed by atoms with Crippen LogP contribution in [-0.4, -0.2) is 68.0 Å². The summed E-state index contributed by atoms with van der Waals surface area (Å²) in [5.74, 6) is -0.294. The molecule has 5 heteroatoms. The van der Waals surface area contributed by atoms with Crippen molar-refractivity contribution in [2.24, 2.45) is 0 Å². The summed E-state index contributed by atoms with van der Waals surface area (Å²) < 4.78 is 12.0. The normalized spacial score (nSPS) is 28.4. The average Bonchev–Trinajstić information content (AvgIpc) is 3.37. The summed E-state index contributed by atoms with van der Waals surface area (Å²) in [4.78, 5) is 14.3. The minimum absolute atomic E-state index is 0.294. The van der Waals surface area contributed by atoms with E-state index in [4.69, 9.17) is 9.47 Å². The maximum absolute atomic E-state index is 11.7. The Labute approximate surface area is 216 Å². The van der Waals surface area contributed by atoms with Gasteiger partial charge in [0.15, 0.2) is 11.1 Å². The summed E-state index contributed by atoms with van der Waals surface area (Å²) in [5.41, 5.74) is 5.32. The molecular formula is C31H41N2O3+. The molecule has 4 fully saturated rings. The lowest BCUT2D eigenvalue weighted by Gasteiger charge is -2.40. The Morgan fingerprint density at radius 2 is 1.36 bits per heavy atom. The third-order valence-corrected chi connectivity index (χ3v) is 10.6. The highest BCUT2D eigenvalue weighted by Crippen LogP contribution is 2.71. The van der Waals surface area contributed by atoms with Crippen LogP contribution in [0.1, 0.15) is 68.1 Å². The molecule has 0 radical (unpaired) electrons. The number of fused-ring (bicyclic) bond motifs is 3. The number of carbonyl (C=O) groups excluding carboxylic acids is 1. The minimum Gasteiger partial charge on any atom is -0.465 e. The SMILES string of the molecule is COC(=O)c1ccc(-c2ccc(N3CC[N+]4(CC3)C3(CCCCC3)C43CCC(OC)CC3)cc2)cc1. The molecule has 0 unspecified atom stereocenters. The van der Waals surface area contributed by atoms with Crippen molar-refractivity contribution in [1.29, 1.82) is 0 Å². The summed E-state index contributed by atoms with van der Waals surface area (Å²) >= 11 is 0. The molecule has 0 amide bonds. The molecule has 2 aliphatic carbocycles. The van der Waals surface area contributed by atoms with Crippen molar-refractivity contribution in [3.8, 4) is 11.1 Å². The lowest BCUT2D eigenvalue weighted by Crippen LogP contribution is -2.54. The lowest BCUT2D eigenvalue weighted by molar-refractivity contribution is -0.858. The summed E-state index contributed by atoms with van der Waals surface area (Å²) in [6.45, 7) is 4.91. The summed E-state index contributed by atoms with van der Waals surface area (Å²) in [6, 6.07) is 16.7. The zero-order valence-corrected chi connectivity index (χ0v) is 22.0. The van der Waals surface area contributed by atoms with Crippen molar-refractivity contribution >= 4 is 11.7 Å². The van der Waals surface area contributed by atoms with Crippen LogP contribution in [0, 0.1) is 0 Å². The summed E-state index contributed by atoms with van der Waals surface area (Å²) in [7, 11) is 3.32. The van der Waals surface area contributed by atoms with Crippen LogP contribution in [0.5, 0.6) is 0 Å². The number of methoxy groups -OCH3 is 2. The fourth-order valence-corrected chi connectivity index (χ4v) is 8.83. The Morgan fingerprint density at radius 1 is 0.806 bits per heavy atom. The smallest absolute Gasteiger partial charge is 0.337 e. The van der Waals surface area contributed by atoms with Gasteiger partial charge in [0.1, 0.15) is 0 Å². The molecule has 4 aliphatic rings. The van der Waals surface area contributed by atoms with Crippen molar-refractivity contribution in [2.45, 2.75) is 75.0 Å². The van der Waals surface area contributed by atoms with Gasteiger partial charge < -0.3 is 18.9 Å². The molecule has 0 bridgehead atoms. The third kappa shape index (κ3) is 3.46. The largest absolute Gasteiger partial charge is 0.465 e. The van der Waals surface area contributed by atoms with E-state index < -0.39 is 0 Å². The average molecular weight is 490 g/mol. The highest BCUT2D eigenvalue weighted by molar-refractivity contribution is 5.90. The lowest BCUT2D eigenvalue weighted by atomic mass is 9.73. The van der Waals surface area contributed by atoms with Gasteiger partial charge in [0.2, 0.25) is 0 Å². The Hall–Kier alpha value is -2.37. The molecule has 2 aromatic carbocycles. The molecule has 6 rings (SSSR count). The molecule has 0 aromatic heterocycles. The number of hydrogen-bond acceptors (Lipinski definition) is 4. The van der Waals surface area contributed by atoms with Crippen molar-refractivity contribution in [3.05, 3.63) is 54.1 Å². The number of piperazine rings is 1. The van der Waals surface area contributed by atoms with Crippen LogP contribution in [0.3, 0.4) is 0 Å². The summed E-state index contributed by atoms with van der Waals surface area (Å²) in [6.07, 6.45) is 12.9. The monoisotopic (exact) mass is 489 g/mol. The number of anilines is 1. The number of hydrogen-bond donors (Lipinski definition) is 0. The molecule has 2 saturated heterocycles. The van der Waals surface area contributed by atoms with Crippen molar-refractivity contribution in [1.82, 2.24) is 0 Å². The highest BCUT2D eigenvalue weighted by atomic mass is 16.5. The van der Waals surface area contributed by atoms with Crippen molar-refractivity contribution in [3.63, 3.8) is 0 Å². The maximum atomic E-state index is 11.7. The number of quaternary nitrogens is 1. The molecule has 192 valence electrons. The molecule has 2 saturated carbocycles. The van der Waals surface area contributed by atoms with E-state index in [2.05, 4.69) is 29.2 Å². The molecule has 3 spiro atoms. The van der Waals surface area contributed by atoms with Gasteiger partial charge >= 0.3 is 5.97 Å². The van der Waals surface area contributed by atoms with E-state index in [0.717, 1.165) is 18.7 Å². The highest BCUT2D eigenvalue weighted by Gasteiger charge is 2.87. The van der Waals surface area contributed by atoms with Gasteiger partial charge in [-0.25, -0.2) is 4.79 Å². The predicted molar refractivity (Wildman–Crippen MR) is 143 cm³/mol. The quantitative estimate of drug-likeness (QED) is 0.308. The van der Waals surface area contributed by atoms with Gasteiger partial charge in [-0.2, -0.15) is 0 Å². The Bertz CT molecular complexity index is 1070. The maximum Gasteiger partial charge on any atom is 0.337 e. The van der Waals surface area contributed by atoms with E-state index in [-0.39, 0.29) is 5.97 Å². The topological polar surface area (TPSA) is 38.8 Å². The third-order valence-electron chi connectivity index (χ3n) is 10.6. The Balaban J connectivity index is 1.15.